The summed E-state index contributed by atoms with van der Waals surface area (Å²) in [5, 5.41) is 19.4. The number of nitrogens with zero attached hydrogens (tertiary/aromatic N) is 2. The lowest BCUT2D eigenvalue weighted by Gasteiger charge is -2.38. The van der Waals surface area contributed by atoms with Crippen molar-refractivity contribution in [2.45, 2.75) is 45.3 Å². The minimum Gasteiger partial charge on any atom is -0.391 e. The first-order valence-corrected chi connectivity index (χ1v) is 7.50. The highest BCUT2D eigenvalue weighted by molar-refractivity contribution is 6.16. The molecule has 1 aliphatic heterocycles. The molecule has 0 aliphatic carbocycles. The zero-order valence-electron chi connectivity index (χ0n) is 13.1. The number of hydrogen-bond acceptors (Lipinski definition) is 5. The fourth-order valence-electron chi connectivity index (χ4n) is 2.20. The molecule has 2 atom stereocenters. The van der Waals surface area contributed by atoms with Gasteiger partial charge in [0.15, 0.2) is 0 Å². The Balaban J connectivity index is 3.05. The summed E-state index contributed by atoms with van der Waals surface area (Å²) >= 11 is 0. The average Bonchev–Trinajstić information content (AvgIpc) is 2.51. The van der Waals surface area contributed by atoms with Crippen LogP contribution >= 0.6 is 0 Å². The highest BCUT2D eigenvalue weighted by atomic mass is 16.3. The first-order chi connectivity index (χ1) is 10.4. The maximum Gasteiger partial charge on any atom is 0.333 e. The summed E-state index contributed by atoms with van der Waals surface area (Å²) in [5.41, 5.74) is 0. The van der Waals surface area contributed by atoms with Crippen molar-refractivity contribution in [3.8, 4) is 0 Å². The number of barbiturate groups is 1. The molecule has 4 amide bonds. The summed E-state index contributed by atoms with van der Waals surface area (Å²) in [6.45, 7) is 6.67. The number of amides is 4. The number of urea groups is 1. The van der Waals surface area contributed by atoms with Crippen molar-refractivity contribution in [1.29, 1.82) is 0 Å². The molecule has 1 aliphatic rings. The Hall–Kier alpha value is -1.73. The fraction of sp³-hybridized carbons (Fsp3) is 0.667. The van der Waals surface area contributed by atoms with Gasteiger partial charge in [-0.05, 0) is 19.3 Å². The van der Waals surface area contributed by atoms with Gasteiger partial charge < -0.3 is 10.2 Å². The quantitative estimate of drug-likeness (QED) is 0.503. The summed E-state index contributed by atoms with van der Waals surface area (Å²) in [4.78, 5) is 38.8. The second-order valence-corrected chi connectivity index (χ2v) is 5.38. The second kappa shape index (κ2) is 8.05. The molecule has 0 spiro atoms. The lowest BCUT2D eigenvalue weighted by atomic mass is 9.98. The van der Waals surface area contributed by atoms with E-state index in [2.05, 4.69) is 6.58 Å². The first-order valence-electron chi connectivity index (χ1n) is 7.50. The number of aliphatic hydroxyl groups is 2. The summed E-state index contributed by atoms with van der Waals surface area (Å²) in [6, 6.07) is -0.782. The molecule has 1 heterocycles. The maximum atomic E-state index is 12.4. The lowest BCUT2D eigenvalue weighted by Crippen LogP contribution is -2.62. The fourth-order valence-corrected chi connectivity index (χ4v) is 2.20. The van der Waals surface area contributed by atoms with Crippen molar-refractivity contribution in [2.24, 2.45) is 5.92 Å². The Bertz CT molecular complexity index is 417. The van der Waals surface area contributed by atoms with Gasteiger partial charge in [-0.1, -0.05) is 19.9 Å². The maximum absolute atomic E-state index is 12.4. The number of carbonyl (C=O) groups is 3. The van der Waals surface area contributed by atoms with Gasteiger partial charge in [0.05, 0.1) is 25.3 Å². The Labute approximate surface area is 130 Å². The molecule has 2 unspecified atom stereocenters. The van der Waals surface area contributed by atoms with Crippen molar-refractivity contribution in [3.63, 3.8) is 0 Å². The predicted octanol–water partition coefficient (Wildman–Crippen LogP) is 0.511. The third kappa shape index (κ3) is 3.92. The lowest BCUT2D eigenvalue weighted by molar-refractivity contribution is -0.151. The predicted molar refractivity (Wildman–Crippen MR) is 79.7 cm³/mol. The number of imide groups is 2. The Kier molecular flexibility index (Phi) is 6.70. The Morgan fingerprint density at radius 2 is 1.45 bits per heavy atom. The van der Waals surface area contributed by atoms with Gasteiger partial charge in [-0.15, -0.1) is 6.58 Å². The van der Waals surface area contributed by atoms with Crippen molar-refractivity contribution >= 4 is 17.8 Å². The van der Waals surface area contributed by atoms with Crippen LogP contribution in [-0.4, -0.2) is 63.2 Å². The Morgan fingerprint density at radius 3 is 1.77 bits per heavy atom. The van der Waals surface area contributed by atoms with E-state index in [0.29, 0.717) is 12.8 Å². The zero-order valence-corrected chi connectivity index (χ0v) is 13.1. The smallest absolute Gasteiger partial charge is 0.333 e. The topological polar surface area (TPSA) is 98.2 Å². The standard InChI is InChI=1S/C15H24N2O5/c1-4-7-12-13(20)16(8-10(18)5-2)15(22)17(14(12)21)9-11(19)6-3/h4,10-12,18-19H,1,5-9H2,2-3H3. The van der Waals surface area contributed by atoms with Gasteiger partial charge in [0.1, 0.15) is 5.92 Å². The zero-order chi connectivity index (χ0) is 16.9. The van der Waals surface area contributed by atoms with E-state index in [0.717, 1.165) is 9.80 Å². The molecule has 22 heavy (non-hydrogen) atoms. The van der Waals surface area contributed by atoms with Crippen LogP contribution in [0.25, 0.3) is 0 Å². The van der Waals surface area contributed by atoms with E-state index in [1.807, 2.05) is 0 Å². The highest BCUT2D eigenvalue weighted by Gasteiger charge is 2.45. The molecule has 0 bridgehead atoms. The number of allylic oxidation sites excluding steroid dienone is 1. The van der Waals surface area contributed by atoms with Gasteiger partial charge in [-0.2, -0.15) is 0 Å². The van der Waals surface area contributed by atoms with Crippen LogP contribution in [0.2, 0.25) is 0 Å². The normalized spacial score (nSPS) is 22.0. The molecule has 1 rings (SSSR count). The molecule has 2 N–H and O–H groups in total. The second-order valence-electron chi connectivity index (χ2n) is 5.38. The van der Waals surface area contributed by atoms with Crippen LogP contribution in [0, 0.1) is 5.92 Å². The molecule has 1 saturated heterocycles. The van der Waals surface area contributed by atoms with Crippen LogP contribution in [0.15, 0.2) is 12.7 Å². The minimum absolute atomic E-state index is 0.113. The number of aliphatic hydroxyl groups excluding tert-OH is 2. The molecule has 1 fully saturated rings. The molecular formula is C15H24N2O5. The van der Waals surface area contributed by atoms with Crippen molar-refractivity contribution < 1.29 is 24.6 Å². The molecule has 0 saturated carbocycles. The summed E-state index contributed by atoms with van der Waals surface area (Å²) in [7, 11) is 0. The number of rotatable bonds is 8. The highest BCUT2D eigenvalue weighted by Crippen LogP contribution is 2.22. The van der Waals surface area contributed by atoms with Crippen LogP contribution < -0.4 is 0 Å². The van der Waals surface area contributed by atoms with E-state index in [1.54, 1.807) is 13.8 Å². The van der Waals surface area contributed by atoms with Gasteiger partial charge in [-0.3, -0.25) is 19.4 Å². The first kappa shape index (κ1) is 18.3. The largest absolute Gasteiger partial charge is 0.391 e. The van der Waals surface area contributed by atoms with Crippen LogP contribution in [0.5, 0.6) is 0 Å². The minimum atomic E-state index is -1.02. The average molecular weight is 312 g/mol. The van der Waals surface area contributed by atoms with Crippen LogP contribution in [-0.2, 0) is 9.59 Å². The Morgan fingerprint density at radius 1 is 1.05 bits per heavy atom. The van der Waals surface area contributed by atoms with Gasteiger partial charge in [0.2, 0.25) is 11.8 Å². The molecule has 7 nitrogen and oxygen atoms in total. The van der Waals surface area contributed by atoms with E-state index in [-0.39, 0.29) is 19.5 Å². The summed E-state index contributed by atoms with van der Waals surface area (Å²) in [6.07, 6.45) is 0.636. The van der Waals surface area contributed by atoms with Gasteiger partial charge in [0.25, 0.3) is 0 Å². The molecule has 124 valence electrons. The van der Waals surface area contributed by atoms with Gasteiger partial charge in [-0.25, -0.2) is 4.79 Å². The molecular weight excluding hydrogens is 288 g/mol. The molecule has 0 aromatic rings. The molecule has 0 aromatic heterocycles. The van der Waals surface area contributed by atoms with Crippen LogP contribution in [0.4, 0.5) is 4.79 Å². The van der Waals surface area contributed by atoms with E-state index >= 15 is 0 Å². The van der Waals surface area contributed by atoms with Crippen LogP contribution in [0.1, 0.15) is 33.1 Å². The van der Waals surface area contributed by atoms with Crippen molar-refractivity contribution in [1.82, 2.24) is 9.80 Å². The van der Waals surface area contributed by atoms with Gasteiger partial charge >= 0.3 is 6.03 Å². The third-order valence-corrected chi connectivity index (χ3v) is 3.72. The molecule has 0 aromatic carbocycles. The monoisotopic (exact) mass is 312 g/mol. The number of hydrogen-bond donors (Lipinski definition) is 2. The number of β-amino-alcohol motifs (C(OH)–C–C–N with tert-alkyl or cyclic N) is 2. The molecule has 0 radical (unpaired) electrons. The summed E-state index contributed by atoms with van der Waals surface area (Å²) in [5.74, 6) is -2.27. The van der Waals surface area contributed by atoms with E-state index in [4.69, 9.17) is 0 Å². The summed E-state index contributed by atoms with van der Waals surface area (Å²) < 4.78 is 0. The molecule has 7 heteroatoms. The van der Waals surface area contributed by atoms with E-state index < -0.39 is 36.0 Å². The van der Waals surface area contributed by atoms with Crippen molar-refractivity contribution in [2.75, 3.05) is 13.1 Å². The van der Waals surface area contributed by atoms with E-state index in [9.17, 15) is 24.6 Å². The van der Waals surface area contributed by atoms with Crippen LogP contribution in [0.3, 0.4) is 0 Å². The SMILES string of the molecule is C=CCC1C(=O)N(CC(O)CC)C(=O)N(CC(O)CC)C1=O. The van der Waals surface area contributed by atoms with Crippen molar-refractivity contribution in [3.05, 3.63) is 12.7 Å². The van der Waals surface area contributed by atoms with E-state index in [1.165, 1.54) is 6.08 Å². The number of carbonyl (C=O) groups excluding carboxylic acids is 3. The van der Waals surface area contributed by atoms with Gasteiger partial charge in [0, 0.05) is 0 Å². The third-order valence-electron chi connectivity index (χ3n) is 3.72.